The van der Waals surface area contributed by atoms with Crippen molar-refractivity contribution < 1.29 is 4.79 Å². The maximum absolute atomic E-state index is 10.5. The Morgan fingerprint density at radius 2 is 2.38 bits per heavy atom. The molecular formula is C9H14N2OS. The SMILES string of the molecule is CC(C=O)c1ncc(CN(C)C)s1. The van der Waals surface area contributed by atoms with Crippen LogP contribution < -0.4 is 0 Å². The average Bonchev–Trinajstić information content (AvgIpc) is 2.50. The lowest BCUT2D eigenvalue weighted by molar-refractivity contribution is -0.108. The third-order valence-electron chi connectivity index (χ3n) is 1.64. The molecule has 1 rings (SSSR count). The molecule has 0 radical (unpaired) electrons. The Hall–Kier alpha value is -0.740. The quantitative estimate of drug-likeness (QED) is 0.687. The van der Waals surface area contributed by atoms with Gasteiger partial charge in [-0.3, -0.25) is 0 Å². The zero-order valence-electron chi connectivity index (χ0n) is 8.15. The van der Waals surface area contributed by atoms with Gasteiger partial charge in [-0.1, -0.05) is 0 Å². The van der Waals surface area contributed by atoms with E-state index >= 15 is 0 Å². The number of aromatic nitrogens is 1. The molecule has 13 heavy (non-hydrogen) atoms. The molecule has 0 aliphatic rings. The van der Waals surface area contributed by atoms with Gasteiger partial charge in [0.25, 0.3) is 0 Å². The first-order valence-electron chi connectivity index (χ1n) is 4.18. The van der Waals surface area contributed by atoms with E-state index in [4.69, 9.17) is 0 Å². The van der Waals surface area contributed by atoms with Crippen LogP contribution in [0.2, 0.25) is 0 Å². The maximum Gasteiger partial charge on any atom is 0.129 e. The van der Waals surface area contributed by atoms with Crippen LogP contribution in [-0.4, -0.2) is 30.3 Å². The summed E-state index contributed by atoms with van der Waals surface area (Å²) in [5.74, 6) is -0.0686. The van der Waals surface area contributed by atoms with Gasteiger partial charge in [-0.15, -0.1) is 11.3 Å². The largest absolute Gasteiger partial charge is 0.304 e. The van der Waals surface area contributed by atoms with Gasteiger partial charge in [0, 0.05) is 17.6 Å². The van der Waals surface area contributed by atoms with Crippen LogP contribution in [0.3, 0.4) is 0 Å². The van der Waals surface area contributed by atoms with Gasteiger partial charge in [-0.2, -0.15) is 0 Å². The van der Waals surface area contributed by atoms with Crippen LogP contribution in [-0.2, 0) is 11.3 Å². The first-order valence-corrected chi connectivity index (χ1v) is 4.99. The molecule has 0 fully saturated rings. The van der Waals surface area contributed by atoms with Crippen molar-refractivity contribution in [2.24, 2.45) is 0 Å². The monoisotopic (exact) mass is 198 g/mol. The van der Waals surface area contributed by atoms with E-state index in [1.165, 1.54) is 4.88 Å². The topological polar surface area (TPSA) is 33.2 Å². The Labute approximate surface area is 82.4 Å². The summed E-state index contributed by atoms with van der Waals surface area (Å²) in [5.41, 5.74) is 0. The molecule has 0 N–H and O–H groups in total. The predicted molar refractivity (Wildman–Crippen MR) is 54.0 cm³/mol. The first kappa shape index (κ1) is 10.3. The minimum atomic E-state index is -0.0686. The number of carbonyl (C=O) groups is 1. The molecule has 0 saturated carbocycles. The van der Waals surface area contributed by atoms with Crippen molar-refractivity contribution in [3.8, 4) is 0 Å². The third kappa shape index (κ3) is 2.90. The van der Waals surface area contributed by atoms with Crippen molar-refractivity contribution in [1.82, 2.24) is 9.88 Å². The lowest BCUT2D eigenvalue weighted by Crippen LogP contribution is -2.09. The summed E-state index contributed by atoms with van der Waals surface area (Å²) in [6, 6.07) is 0. The highest BCUT2D eigenvalue weighted by atomic mass is 32.1. The Morgan fingerprint density at radius 3 is 2.92 bits per heavy atom. The van der Waals surface area contributed by atoms with Crippen molar-refractivity contribution >= 4 is 17.6 Å². The fourth-order valence-electron chi connectivity index (χ4n) is 0.976. The molecular weight excluding hydrogens is 184 g/mol. The van der Waals surface area contributed by atoms with Crippen LogP contribution in [0.4, 0.5) is 0 Å². The number of hydrogen-bond acceptors (Lipinski definition) is 4. The molecule has 0 aliphatic heterocycles. The number of hydrogen-bond donors (Lipinski definition) is 0. The fourth-order valence-corrected chi connectivity index (χ4v) is 2.02. The van der Waals surface area contributed by atoms with Gasteiger partial charge >= 0.3 is 0 Å². The molecule has 0 saturated heterocycles. The minimum absolute atomic E-state index is 0.0686. The normalized spacial score (nSPS) is 13.2. The number of nitrogens with zero attached hydrogens (tertiary/aromatic N) is 2. The highest BCUT2D eigenvalue weighted by molar-refractivity contribution is 7.11. The maximum atomic E-state index is 10.5. The molecule has 1 heterocycles. The van der Waals surface area contributed by atoms with E-state index in [1.54, 1.807) is 11.3 Å². The molecule has 4 heteroatoms. The Bertz CT molecular complexity index is 283. The Kier molecular flexibility index (Phi) is 3.57. The van der Waals surface area contributed by atoms with E-state index in [1.807, 2.05) is 27.2 Å². The number of rotatable bonds is 4. The van der Waals surface area contributed by atoms with Crippen LogP contribution in [0.25, 0.3) is 0 Å². The van der Waals surface area contributed by atoms with Crippen molar-refractivity contribution in [1.29, 1.82) is 0 Å². The van der Waals surface area contributed by atoms with E-state index in [0.717, 1.165) is 17.8 Å². The molecule has 3 nitrogen and oxygen atoms in total. The Morgan fingerprint density at radius 1 is 1.69 bits per heavy atom. The Balaban J connectivity index is 2.68. The molecule has 1 aromatic rings. The predicted octanol–water partition coefficient (Wildman–Crippen LogP) is 1.51. The summed E-state index contributed by atoms with van der Waals surface area (Å²) in [7, 11) is 4.03. The molecule has 0 aliphatic carbocycles. The zero-order valence-corrected chi connectivity index (χ0v) is 8.97. The number of thiazole rings is 1. The van der Waals surface area contributed by atoms with Crippen LogP contribution in [0.1, 0.15) is 22.7 Å². The molecule has 1 aromatic heterocycles. The second-order valence-electron chi connectivity index (χ2n) is 3.33. The van der Waals surface area contributed by atoms with Crippen LogP contribution in [0, 0.1) is 0 Å². The molecule has 0 spiro atoms. The van der Waals surface area contributed by atoms with Crippen molar-refractivity contribution in [2.45, 2.75) is 19.4 Å². The average molecular weight is 198 g/mol. The lowest BCUT2D eigenvalue weighted by atomic mass is 10.2. The zero-order chi connectivity index (χ0) is 9.84. The van der Waals surface area contributed by atoms with E-state index in [2.05, 4.69) is 9.88 Å². The van der Waals surface area contributed by atoms with E-state index < -0.39 is 0 Å². The van der Waals surface area contributed by atoms with Crippen molar-refractivity contribution in [3.63, 3.8) is 0 Å². The number of carbonyl (C=O) groups excluding carboxylic acids is 1. The summed E-state index contributed by atoms with van der Waals surface area (Å²) in [6.07, 6.45) is 2.78. The second-order valence-corrected chi connectivity index (χ2v) is 4.47. The second kappa shape index (κ2) is 4.48. The molecule has 0 aromatic carbocycles. The van der Waals surface area contributed by atoms with E-state index in [9.17, 15) is 4.79 Å². The number of aldehydes is 1. The van der Waals surface area contributed by atoms with Crippen molar-refractivity contribution in [2.75, 3.05) is 14.1 Å². The van der Waals surface area contributed by atoms with Gasteiger partial charge in [0.1, 0.15) is 11.3 Å². The van der Waals surface area contributed by atoms with Gasteiger partial charge in [0.15, 0.2) is 0 Å². The molecule has 1 atom stereocenters. The molecule has 0 bridgehead atoms. The lowest BCUT2D eigenvalue weighted by Gasteiger charge is -2.05. The van der Waals surface area contributed by atoms with Gasteiger partial charge in [-0.25, -0.2) is 4.98 Å². The van der Waals surface area contributed by atoms with Crippen molar-refractivity contribution in [3.05, 3.63) is 16.1 Å². The van der Waals surface area contributed by atoms with Gasteiger partial charge in [0.05, 0.1) is 5.92 Å². The van der Waals surface area contributed by atoms with E-state index in [0.29, 0.717) is 0 Å². The van der Waals surface area contributed by atoms with Gasteiger partial charge in [-0.05, 0) is 21.0 Å². The summed E-state index contributed by atoms with van der Waals surface area (Å²) < 4.78 is 0. The van der Waals surface area contributed by atoms with Gasteiger partial charge < -0.3 is 9.69 Å². The van der Waals surface area contributed by atoms with Crippen LogP contribution in [0.15, 0.2) is 6.20 Å². The van der Waals surface area contributed by atoms with Crippen LogP contribution in [0.5, 0.6) is 0 Å². The van der Waals surface area contributed by atoms with Crippen LogP contribution >= 0.6 is 11.3 Å². The van der Waals surface area contributed by atoms with E-state index in [-0.39, 0.29) is 5.92 Å². The summed E-state index contributed by atoms with van der Waals surface area (Å²) >= 11 is 1.61. The molecule has 72 valence electrons. The highest BCUT2D eigenvalue weighted by Crippen LogP contribution is 2.20. The fraction of sp³-hybridized carbons (Fsp3) is 0.556. The third-order valence-corrected chi connectivity index (χ3v) is 2.82. The minimum Gasteiger partial charge on any atom is -0.304 e. The first-order chi connectivity index (χ1) is 6.13. The summed E-state index contributed by atoms with van der Waals surface area (Å²) in [4.78, 5) is 18.0. The summed E-state index contributed by atoms with van der Waals surface area (Å²) in [5, 5.41) is 0.909. The smallest absolute Gasteiger partial charge is 0.129 e. The molecule has 0 amide bonds. The van der Waals surface area contributed by atoms with Gasteiger partial charge in [0.2, 0.25) is 0 Å². The molecule has 1 unspecified atom stereocenters. The standard InChI is InChI=1S/C9H14N2OS/c1-7(6-12)9-10-4-8(13-9)5-11(2)3/h4,6-7H,5H2,1-3H3. The highest BCUT2D eigenvalue weighted by Gasteiger charge is 2.09. The summed E-state index contributed by atoms with van der Waals surface area (Å²) in [6.45, 7) is 2.76.